The minimum absolute atomic E-state index is 0.335. The summed E-state index contributed by atoms with van der Waals surface area (Å²) in [5, 5.41) is 4.70. The molecule has 1 heterocycles. The highest BCUT2D eigenvalue weighted by Crippen LogP contribution is 2.39. The highest BCUT2D eigenvalue weighted by molar-refractivity contribution is 7.98. The number of nitrogens with zero attached hydrogens (tertiary/aromatic N) is 1. The molecule has 0 aliphatic carbocycles. The van der Waals surface area contributed by atoms with Gasteiger partial charge >= 0.3 is 0 Å². The molecular weight excluding hydrogens is 284 g/mol. The summed E-state index contributed by atoms with van der Waals surface area (Å²) in [6.45, 7) is 6.40. The molecule has 2 aromatic rings. The van der Waals surface area contributed by atoms with Crippen molar-refractivity contribution in [3.8, 4) is 0 Å². The van der Waals surface area contributed by atoms with Crippen LogP contribution in [0.25, 0.3) is 0 Å². The summed E-state index contributed by atoms with van der Waals surface area (Å²) in [6, 6.07) is 4.29. The van der Waals surface area contributed by atoms with Crippen LogP contribution in [0.3, 0.4) is 0 Å². The lowest BCUT2D eigenvalue weighted by atomic mass is 10.0. The Morgan fingerprint density at radius 3 is 2.50 bits per heavy atom. The molecule has 4 heteroatoms. The van der Waals surface area contributed by atoms with Crippen molar-refractivity contribution in [1.29, 1.82) is 0 Å². The van der Waals surface area contributed by atoms with Crippen LogP contribution in [0, 0.1) is 20.8 Å². The Morgan fingerprint density at radius 1 is 1.25 bits per heavy atom. The summed E-state index contributed by atoms with van der Waals surface area (Å²) in [6.07, 6.45) is 2.16. The van der Waals surface area contributed by atoms with E-state index in [1.165, 1.54) is 27.9 Å². The van der Waals surface area contributed by atoms with E-state index < -0.39 is 0 Å². The molecule has 0 bridgehead atoms. The van der Waals surface area contributed by atoms with Crippen LogP contribution in [0.2, 0.25) is 0 Å². The molecule has 1 aromatic carbocycles. The molecule has 1 atom stereocenters. The van der Waals surface area contributed by atoms with E-state index in [1.807, 2.05) is 11.8 Å². The Balaban J connectivity index is 2.48. The molecule has 1 unspecified atom stereocenters. The summed E-state index contributed by atoms with van der Waals surface area (Å²) in [7, 11) is 2.17. The number of thiophene rings is 1. The Bertz CT molecular complexity index is 591. The molecule has 108 valence electrons. The van der Waals surface area contributed by atoms with Gasteiger partial charge in [0.1, 0.15) is 5.37 Å². The zero-order chi connectivity index (χ0) is 14.9. The first-order valence-corrected chi connectivity index (χ1v) is 8.84. The third kappa shape index (κ3) is 2.67. The first kappa shape index (κ1) is 15.3. The van der Waals surface area contributed by atoms with Crippen molar-refractivity contribution < 1.29 is 0 Å². The SMILES string of the molecule is CSC(c1ccsc1)N(C)c1c(C)cc(N)c(C)c1C. The van der Waals surface area contributed by atoms with Gasteiger partial charge in [0.05, 0.1) is 0 Å². The number of thioether (sulfide) groups is 1. The summed E-state index contributed by atoms with van der Waals surface area (Å²) >= 11 is 3.61. The number of rotatable bonds is 4. The van der Waals surface area contributed by atoms with E-state index in [1.54, 1.807) is 11.3 Å². The highest BCUT2D eigenvalue weighted by Gasteiger charge is 2.21. The predicted octanol–water partition coefficient (Wildman–Crippen LogP) is 4.75. The first-order valence-electron chi connectivity index (χ1n) is 6.61. The quantitative estimate of drug-likeness (QED) is 0.652. The molecule has 0 spiro atoms. The fourth-order valence-electron chi connectivity index (χ4n) is 2.69. The topological polar surface area (TPSA) is 29.3 Å². The van der Waals surface area contributed by atoms with Crippen LogP contribution in [0.4, 0.5) is 11.4 Å². The second kappa shape index (κ2) is 6.10. The van der Waals surface area contributed by atoms with Crippen molar-refractivity contribution in [2.75, 3.05) is 23.9 Å². The van der Waals surface area contributed by atoms with Gasteiger partial charge in [0.15, 0.2) is 0 Å². The normalized spacial score (nSPS) is 12.4. The average Bonchev–Trinajstić information content (AvgIpc) is 2.91. The Kier molecular flexibility index (Phi) is 4.66. The van der Waals surface area contributed by atoms with Gasteiger partial charge in [-0.2, -0.15) is 11.3 Å². The molecule has 2 nitrogen and oxygen atoms in total. The highest BCUT2D eigenvalue weighted by atomic mass is 32.2. The van der Waals surface area contributed by atoms with Crippen LogP contribution in [0.1, 0.15) is 27.6 Å². The summed E-state index contributed by atoms with van der Waals surface area (Å²) in [4.78, 5) is 2.36. The third-order valence-electron chi connectivity index (χ3n) is 3.85. The van der Waals surface area contributed by atoms with Gasteiger partial charge in [-0.05, 0) is 72.2 Å². The fourth-order valence-corrected chi connectivity index (χ4v) is 4.30. The first-order chi connectivity index (χ1) is 9.47. The predicted molar refractivity (Wildman–Crippen MR) is 94.0 cm³/mol. The molecule has 0 saturated carbocycles. The number of hydrogen-bond donors (Lipinski definition) is 1. The number of aryl methyl sites for hydroxylation is 1. The van der Waals surface area contributed by atoms with Gasteiger partial charge in [-0.25, -0.2) is 0 Å². The molecule has 20 heavy (non-hydrogen) atoms. The molecule has 0 aliphatic heterocycles. The average molecular weight is 307 g/mol. The lowest BCUT2D eigenvalue weighted by molar-refractivity contribution is 0.892. The Morgan fingerprint density at radius 2 is 1.95 bits per heavy atom. The van der Waals surface area contributed by atoms with E-state index >= 15 is 0 Å². The maximum atomic E-state index is 6.07. The zero-order valence-corrected chi connectivity index (χ0v) is 14.4. The van der Waals surface area contributed by atoms with Crippen molar-refractivity contribution in [3.63, 3.8) is 0 Å². The van der Waals surface area contributed by atoms with E-state index in [2.05, 4.69) is 61.9 Å². The van der Waals surface area contributed by atoms with Gasteiger partial charge < -0.3 is 10.6 Å². The van der Waals surface area contributed by atoms with Crippen molar-refractivity contribution in [2.24, 2.45) is 0 Å². The molecular formula is C16H22N2S2. The molecule has 2 rings (SSSR count). The Hall–Kier alpha value is -1.13. The minimum Gasteiger partial charge on any atom is -0.398 e. The summed E-state index contributed by atoms with van der Waals surface area (Å²) in [5.74, 6) is 0. The molecule has 0 saturated heterocycles. The van der Waals surface area contributed by atoms with Gasteiger partial charge in [-0.15, -0.1) is 11.8 Å². The number of anilines is 2. The van der Waals surface area contributed by atoms with E-state index in [0.717, 1.165) is 5.69 Å². The van der Waals surface area contributed by atoms with Crippen molar-refractivity contribution in [2.45, 2.75) is 26.1 Å². The maximum Gasteiger partial charge on any atom is 0.101 e. The molecule has 0 amide bonds. The van der Waals surface area contributed by atoms with Crippen LogP contribution in [0.15, 0.2) is 22.9 Å². The zero-order valence-electron chi connectivity index (χ0n) is 12.7. The summed E-state index contributed by atoms with van der Waals surface area (Å²) < 4.78 is 0. The van der Waals surface area contributed by atoms with Gasteiger partial charge in [0.25, 0.3) is 0 Å². The van der Waals surface area contributed by atoms with E-state index in [4.69, 9.17) is 5.73 Å². The lowest BCUT2D eigenvalue weighted by Crippen LogP contribution is -2.23. The van der Waals surface area contributed by atoms with E-state index in [9.17, 15) is 0 Å². The fraction of sp³-hybridized carbons (Fsp3) is 0.375. The van der Waals surface area contributed by atoms with E-state index in [-0.39, 0.29) is 0 Å². The number of benzene rings is 1. The second-order valence-electron chi connectivity index (χ2n) is 5.14. The third-order valence-corrected chi connectivity index (χ3v) is 5.59. The lowest BCUT2D eigenvalue weighted by Gasteiger charge is -2.32. The smallest absolute Gasteiger partial charge is 0.101 e. The van der Waals surface area contributed by atoms with Crippen LogP contribution < -0.4 is 10.6 Å². The van der Waals surface area contributed by atoms with Crippen LogP contribution in [-0.2, 0) is 0 Å². The van der Waals surface area contributed by atoms with Gasteiger partial charge in [0, 0.05) is 18.4 Å². The van der Waals surface area contributed by atoms with Crippen LogP contribution >= 0.6 is 23.1 Å². The maximum absolute atomic E-state index is 6.07. The van der Waals surface area contributed by atoms with Crippen LogP contribution in [0.5, 0.6) is 0 Å². The van der Waals surface area contributed by atoms with Gasteiger partial charge in [-0.3, -0.25) is 0 Å². The largest absolute Gasteiger partial charge is 0.398 e. The second-order valence-corrected chi connectivity index (χ2v) is 6.83. The summed E-state index contributed by atoms with van der Waals surface area (Å²) in [5.41, 5.74) is 13.3. The molecule has 2 N–H and O–H groups in total. The number of nitrogens with two attached hydrogens (primary N) is 1. The van der Waals surface area contributed by atoms with Gasteiger partial charge in [-0.1, -0.05) is 0 Å². The molecule has 0 aliphatic rings. The number of nitrogen functional groups attached to an aromatic ring is 1. The number of hydrogen-bond acceptors (Lipinski definition) is 4. The molecule has 0 fully saturated rings. The van der Waals surface area contributed by atoms with Crippen molar-refractivity contribution >= 4 is 34.5 Å². The van der Waals surface area contributed by atoms with E-state index in [0.29, 0.717) is 5.37 Å². The Labute approximate surface area is 130 Å². The van der Waals surface area contributed by atoms with Crippen molar-refractivity contribution in [3.05, 3.63) is 45.1 Å². The van der Waals surface area contributed by atoms with Crippen molar-refractivity contribution in [1.82, 2.24) is 0 Å². The van der Waals surface area contributed by atoms with Crippen LogP contribution in [-0.4, -0.2) is 13.3 Å². The van der Waals surface area contributed by atoms with Gasteiger partial charge in [0.2, 0.25) is 0 Å². The molecule has 0 radical (unpaired) electrons. The standard InChI is InChI=1S/C16H22N2S2/c1-10-8-14(17)11(2)12(3)15(10)18(4)16(19-5)13-6-7-20-9-13/h6-9,16H,17H2,1-5H3. The molecule has 1 aromatic heterocycles. The minimum atomic E-state index is 0.335. The monoisotopic (exact) mass is 306 g/mol.